The summed E-state index contributed by atoms with van der Waals surface area (Å²) < 4.78 is 5.27. The van der Waals surface area contributed by atoms with Gasteiger partial charge in [-0.3, -0.25) is 4.79 Å². The molecule has 0 aliphatic carbocycles. The third-order valence-electron chi connectivity index (χ3n) is 4.93. The van der Waals surface area contributed by atoms with Crippen molar-refractivity contribution in [2.24, 2.45) is 0 Å². The van der Waals surface area contributed by atoms with Gasteiger partial charge in [0.1, 0.15) is 17.8 Å². The molecule has 27 heavy (non-hydrogen) atoms. The molecule has 0 radical (unpaired) electrons. The predicted octanol–water partition coefficient (Wildman–Crippen LogP) is 2.09. The Hall–Kier alpha value is -2.97. The summed E-state index contributed by atoms with van der Waals surface area (Å²) in [5, 5.41) is 5.02. The SMILES string of the molecule is CC(=O)N(Cc1noc(C(C)C)n1)[C@H]1CCN(c2ncnc3[nH]ccc23)C1. The smallest absolute Gasteiger partial charge is 0.229 e. The fraction of sp³-hybridized carbons (Fsp3) is 0.500. The summed E-state index contributed by atoms with van der Waals surface area (Å²) in [6.45, 7) is 7.48. The molecule has 0 unspecified atom stereocenters. The first-order valence-corrected chi connectivity index (χ1v) is 9.15. The van der Waals surface area contributed by atoms with E-state index < -0.39 is 0 Å². The summed E-state index contributed by atoms with van der Waals surface area (Å²) in [5.74, 6) is 2.21. The van der Waals surface area contributed by atoms with Crippen molar-refractivity contribution in [1.29, 1.82) is 0 Å². The second kappa shape index (κ2) is 6.98. The van der Waals surface area contributed by atoms with Gasteiger partial charge in [0.05, 0.1) is 18.0 Å². The van der Waals surface area contributed by atoms with Gasteiger partial charge in [0, 0.05) is 32.1 Å². The van der Waals surface area contributed by atoms with Crippen LogP contribution < -0.4 is 4.90 Å². The third-order valence-corrected chi connectivity index (χ3v) is 4.93. The molecule has 4 heterocycles. The zero-order valence-corrected chi connectivity index (χ0v) is 15.7. The Labute approximate surface area is 156 Å². The van der Waals surface area contributed by atoms with E-state index >= 15 is 0 Å². The highest BCUT2D eigenvalue weighted by atomic mass is 16.5. The molecule has 142 valence electrons. The Bertz CT molecular complexity index is 948. The highest BCUT2D eigenvalue weighted by molar-refractivity contribution is 5.87. The van der Waals surface area contributed by atoms with Crippen molar-refractivity contribution in [3.63, 3.8) is 0 Å². The van der Waals surface area contributed by atoms with Crippen LogP contribution in [0.25, 0.3) is 11.0 Å². The normalized spacial score (nSPS) is 17.2. The molecule has 9 nitrogen and oxygen atoms in total. The van der Waals surface area contributed by atoms with Crippen LogP contribution in [-0.2, 0) is 11.3 Å². The number of carbonyl (C=O) groups is 1. The summed E-state index contributed by atoms with van der Waals surface area (Å²) >= 11 is 0. The van der Waals surface area contributed by atoms with Crippen molar-refractivity contribution < 1.29 is 9.32 Å². The van der Waals surface area contributed by atoms with Gasteiger partial charge in [0.15, 0.2) is 5.82 Å². The molecule has 1 amide bonds. The second-order valence-electron chi connectivity index (χ2n) is 7.18. The first-order chi connectivity index (χ1) is 13.0. The lowest BCUT2D eigenvalue weighted by molar-refractivity contribution is -0.131. The summed E-state index contributed by atoms with van der Waals surface area (Å²) in [7, 11) is 0. The van der Waals surface area contributed by atoms with Crippen molar-refractivity contribution >= 4 is 22.8 Å². The quantitative estimate of drug-likeness (QED) is 0.734. The van der Waals surface area contributed by atoms with Gasteiger partial charge in [0.25, 0.3) is 0 Å². The lowest BCUT2D eigenvalue weighted by atomic mass is 10.2. The fourth-order valence-corrected chi connectivity index (χ4v) is 3.52. The van der Waals surface area contributed by atoms with E-state index in [1.165, 1.54) is 0 Å². The van der Waals surface area contributed by atoms with Gasteiger partial charge in [-0.05, 0) is 12.5 Å². The maximum Gasteiger partial charge on any atom is 0.229 e. The molecule has 1 saturated heterocycles. The molecule has 3 aromatic heterocycles. The maximum atomic E-state index is 12.3. The highest BCUT2D eigenvalue weighted by Gasteiger charge is 2.31. The van der Waals surface area contributed by atoms with E-state index in [-0.39, 0.29) is 17.9 Å². The molecule has 1 N–H and O–H groups in total. The van der Waals surface area contributed by atoms with Crippen LogP contribution in [0.1, 0.15) is 44.8 Å². The Morgan fingerprint density at radius 2 is 2.30 bits per heavy atom. The van der Waals surface area contributed by atoms with Crippen molar-refractivity contribution in [3.05, 3.63) is 30.3 Å². The molecule has 0 bridgehead atoms. The van der Waals surface area contributed by atoms with E-state index in [0.717, 1.165) is 29.8 Å². The van der Waals surface area contributed by atoms with Gasteiger partial charge in [-0.25, -0.2) is 9.97 Å². The van der Waals surface area contributed by atoms with E-state index in [0.29, 0.717) is 24.8 Å². The molecule has 1 fully saturated rings. The molecule has 1 atom stereocenters. The Morgan fingerprint density at radius 3 is 3.04 bits per heavy atom. The summed E-state index contributed by atoms with van der Waals surface area (Å²) in [6, 6.07) is 2.06. The van der Waals surface area contributed by atoms with Crippen molar-refractivity contribution in [1.82, 2.24) is 30.0 Å². The van der Waals surface area contributed by atoms with E-state index in [4.69, 9.17) is 4.52 Å². The zero-order valence-electron chi connectivity index (χ0n) is 15.7. The number of H-pyrrole nitrogens is 1. The maximum absolute atomic E-state index is 12.3. The van der Waals surface area contributed by atoms with Gasteiger partial charge in [0.2, 0.25) is 11.8 Å². The minimum absolute atomic E-state index is 0.00669. The van der Waals surface area contributed by atoms with Crippen LogP contribution in [-0.4, -0.2) is 55.0 Å². The van der Waals surface area contributed by atoms with Gasteiger partial charge >= 0.3 is 0 Å². The zero-order chi connectivity index (χ0) is 19.0. The Balaban J connectivity index is 1.51. The topological polar surface area (TPSA) is 104 Å². The molecule has 1 aliphatic heterocycles. The Morgan fingerprint density at radius 1 is 1.44 bits per heavy atom. The highest BCUT2D eigenvalue weighted by Crippen LogP contribution is 2.27. The van der Waals surface area contributed by atoms with E-state index in [1.807, 2.05) is 31.0 Å². The minimum atomic E-state index is 0.00669. The molecular formula is C18H23N7O2. The van der Waals surface area contributed by atoms with Gasteiger partial charge in [-0.15, -0.1) is 0 Å². The first kappa shape index (κ1) is 17.4. The number of hydrogen-bond acceptors (Lipinski definition) is 7. The number of nitrogens with zero attached hydrogens (tertiary/aromatic N) is 6. The van der Waals surface area contributed by atoms with Crippen LogP contribution in [0.3, 0.4) is 0 Å². The largest absolute Gasteiger partial charge is 0.354 e. The number of nitrogens with one attached hydrogen (secondary N) is 1. The van der Waals surface area contributed by atoms with Crippen molar-refractivity contribution in [2.75, 3.05) is 18.0 Å². The molecule has 0 aromatic carbocycles. The number of fused-ring (bicyclic) bond motifs is 1. The second-order valence-corrected chi connectivity index (χ2v) is 7.18. The lowest BCUT2D eigenvalue weighted by Gasteiger charge is -2.27. The minimum Gasteiger partial charge on any atom is -0.354 e. The molecule has 3 aromatic rings. The summed E-state index contributed by atoms with van der Waals surface area (Å²) in [4.78, 5) is 32.5. The van der Waals surface area contributed by atoms with E-state index in [1.54, 1.807) is 13.3 Å². The third kappa shape index (κ3) is 3.36. The van der Waals surface area contributed by atoms with Crippen LogP contribution in [0, 0.1) is 0 Å². The number of hydrogen-bond donors (Lipinski definition) is 1. The van der Waals surface area contributed by atoms with Crippen molar-refractivity contribution in [2.45, 2.75) is 45.7 Å². The monoisotopic (exact) mass is 369 g/mol. The average molecular weight is 369 g/mol. The number of aromatic nitrogens is 5. The lowest BCUT2D eigenvalue weighted by Crippen LogP contribution is -2.40. The van der Waals surface area contributed by atoms with Crippen LogP contribution in [0.5, 0.6) is 0 Å². The van der Waals surface area contributed by atoms with Crippen LogP contribution in [0.2, 0.25) is 0 Å². The van der Waals surface area contributed by atoms with Gasteiger partial charge in [-0.2, -0.15) is 4.98 Å². The molecule has 1 aliphatic rings. The first-order valence-electron chi connectivity index (χ1n) is 9.15. The number of rotatable bonds is 5. The van der Waals surface area contributed by atoms with Gasteiger partial charge < -0.3 is 19.3 Å². The molecule has 0 spiro atoms. The van der Waals surface area contributed by atoms with E-state index in [2.05, 4.69) is 30.0 Å². The van der Waals surface area contributed by atoms with Crippen LogP contribution in [0.4, 0.5) is 5.82 Å². The average Bonchev–Trinajstić information content (AvgIpc) is 3.38. The van der Waals surface area contributed by atoms with Crippen LogP contribution >= 0.6 is 0 Å². The van der Waals surface area contributed by atoms with E-state index in [9.17, 15) is 4.79 Å². The predicted molar refractivity (Wildman–Crippen MR) is 99.1 cm³/mol. The Kier molecular flexibility index (Phi) is 4.51. The molecule has 0 saturated carbocycles. The number of amides is 1. The fourth-order valence-electron chi connectivity index (χ4n) is 3.52. The standard InChI is InChI=1S/C18H23N7O2/c1-11(2)18-22-15(23-27-18)9-25(12(3)26)13-5-7-24(8-13)17-14-4-6-19-16(14)20-10-21-17/h4,6,10-11,13H,5,7-9H2,1-3H3,(H,19,20,21)/t13-/m0/s1. The van der Waals surface area contributed by atoms with Crippen molar-refractivity contribution in [3.8, 4) is 0 Å². The number of aromatic amines is 1. The summed E-state index contributed by atoms with van der Waals surface area (Å²) in [5.41, 5.74) is 0.819. The number of anilines is 1. The van der Waals surface area contributed by atoms with Crippen LogP contribution in [0.15, 0.2) is 23.1 Å². The number of carbonyl (C=O) groups excluding carboxylic acids is 1. The molecule has 9 heteroatoms. The molecule has 4 rings (SSSR count). The molecular weight excluding hydrogens is 346 g/mol. The summed E-state index contributed by atoms with van der Waals surface area (Å²) in [6.07, 6.45) is 4.29. The van der Waals surface area contributed by atoms with Gasteiger partial charge in [-0.1, -0.05) is 19.0 Å².